The van der Waals surface area contributed by atoms with E-state index in [1.165, 1.54) is 59.0 Å². The van der Waals surface area contributed by atoms with Crippen molar-refractivity contribution in [2.75, 3.05) is 4.90 Å². The molecule has 4 heteroatoms. The lowest BCUT2D eigenvalue weighted by atomic mass is 10.1. The molecule has 0 spiro atoms. The highest BCUT2D eigenvalue weighted by molar-refractivity contribution is 7.25. The normalized spacial score (nSPS) is 12.9. The number of rotatable bonds is 1. The summed E-state index contributed by atoms with van der Waals surface area (Å²) in [6.45, 7) is 0. The molecule has 0 atom stereocenters. The van der Waals surface area contributed by atoms with Crippen molar-refractivity contribution in [1.82, 2.24) is 4.57 Å². The van der Waals surface area contributed by atoms with Crippen molar-refractivity contribution < 1.29 is 4.42 Å². The molecule has 1 aliphatic rings. The highest BCUT2D eigenvalue weighted by Crippen LogP contribution is 2.51. The Balaban J connectivity index is 1.32. The summed E-state index contributed by atoms with van der Waals surface area (Å²) in [6, 6.07) is 43.9. The van der Waals surface area contributed by atoms with E-state index in [0.29, 0.717) is 0 Å². The fourth-order valence-corrected chi connectivity index (χ4v) is 7.93. The van der Waals surface area contributed by atoms with Crippen molar-refractivity contribution in [2.45, 2.75) is 0 Å². The van der Waals surface area contributed by atoms with Gasteiger partial charge in [-0.2, -0.15) is 0 Å². The van der Waals surface area contributed by atoms with Gasteiger partial charge in [0.2, 0.25) is 0 Å². The van der Waals surface area contributed by atoms with E-state index in [4.69, 9.17) is 4.42 Å². The average Bonchev–Trinajstić information content (AvgIpc) is 3.66. The van der Waals surface area contributed by atoms with Gasteiger partial charge >= 0.3 is 0 Å². The minimum absolute atomic E-state index is 0.912. The lowest BCUT2D eigenvalue weighted by Crippen LogP contribution is -2.17. The maximum absolute atomic E-state index is 6.16. The molecular weight excluding hydrogens is 508 g/mol. The number of anilines is 3. The second-order valence-corrected chi connectivity index (χ2v) is 11.7. The standard InChI is InChI=1S/C36H20N2OS/c1-5-14-32-22(8-1)26-18-21(16-17-33(26)39-32)37-28-11-3-4-12-29(28)38-31-19-27-23-9-2-6-15-34(23)40-35(27)20-25(31)24-10-7-13-30(37)36(24)38/h1-20H. The highest BCUT2D eigenvalue weighted by Gasteiger charge is 2.29. The van der Waals surface area contributed by atoms with Crippen LogP contribution in [0.3, 0.4) is 0 Å². The maximum Gasteiger partial charge on any atom is 0.135 e. The first kappa shape index (κ1) is 20.8. The van der Waals surface area contributed by atoms with Gasteiger partial charge in [0.1, 0.15) is 11.2 Å². The molecule has 40 heavy (non-hydrogen) atoms. The Kier molecular flexibility index (Phi) is 3.81. The van der Waals surface area contributed by atoms with Crippen molar-refractivity contribution in [3.8, 4) is 5.69 Å². The molecule has 0 saturated carbocycles. The van der Waals surface area contributed by atoms with Crippen LogP contribution in [-0.4, -0.2) is 4.57 Å². The molecular formula is C36H20N2OS. The monoisotopic (exact) mass is 528 g/mol. The molecule has 0 aliphatic carbocycles. The van der Waals surface area contributed by atoms with E-state index in [-0.39, 0.29) is 0 Å². The van der Waals surface area contributed by atoms with Gasteiger partial charge in [0.05, 0.1) is 28.1 Å². The van der Waals surface area contributed by atoms with Gasteiger partial charge < -0.3 is 13.9 Å². The molecule has 3 aromatic heterocycles. The Bertz CT molecular complexity index is 2510. The van der Waals surface area contributed by atoms with Crippen LogP contribution in [0.2, 0.25) is 0 Å². The first-order chi connectivity index (χ1) is 19.8. The fraction of sp³-hybridized carbons (Fsp3) is 0. The fourth-order valence-electron chi connectivity index (χ4n) is 6.80. The second-order valence-electron chi connectivity index (χ2n) is 10.6. The second kappa shape index (κ2) is 7.32. The third-order valence-electron chi connectivity index (χ3n) is 8.49. The van der Waals surface area contributed by atoms with Crippen LogP contribution in [0.5, 0.6) is 0 Å². The van der Waals surface area contributed by atoms with E-state index < -0.39 is 0 Å². The molecule has 4 heterocycles. The van der Waals surface area contributed by atoms with Gasteiger partial charge in [0, 0.05) is 47.4 Å². The van der Waals surface area contributed by atoms with Crippen LogP contribution in [0, 0.1) is 0 Å². The van der Waals surface area contributed by atoms with Gasteiger partial charge in [0.25, 0.3) is 0 Å². The Hall–Kier alpha value is -5.06. The predicted octanol–water partition coefficient (Wildman–Crippen LogP) is 10.8. The number of thiophene rings is 1. The van der Waals surface area contributed by atoms with Crippen LogP contribution in [-0.2, 0) is 0 Å². The smallest absolute Gasteiger partial charge is 0.135 e. The Morgan fingerprint density at radius 1 is 0.475 bits per heavy atom. The van der Waals surface area contributed by atoms with Crippen molar-refractivity contribution >= 4 is 92.3 Å². The van der Waals surface area contributed by atoms with E-state index in [9.17, 15) is 0 Å². The van der Waals surface area contributed by atoms with Crippen molar-refractivity contribution in [3.05, 3.63) is 121 Å². The van der Waals surface area contributed by atoms with Gasteiger partial charge in [-0.25, -0.2) is 0 Å². The summed E-state index contributed by atoms with van der Waals surface area (Å²) in [5.41, 5.74) is 9.00. The zero-order valence-corrected chi connectivity index (χ0v) is 22.1. The molecule has 3 nitrogen and oxygen atoms in total. The number of aromatic nitrogens is 1. The van der Waals surface area contributed by atoms with Crippen LogP contribution in [0.1, 0.15) is 0 Å². The van der Waals surface area contributed by atoms with E-state index in [2.05, 4.69) is 119 Å². The maximum atomic E-state index is 6.16. The zero-order valence-electron chi connectivity index (χ0n) is 21.3. The Morgan fingerprint density at radius 2 is 1.23 bits per heavy atom. The molecule has 0 saturated heterocycles. The Morgan fingerprint density at radius 3 is 2.17 bits per heavy atom. The third kappa shape index (κ3) is 2.54. The van der Waals surface area contributed by atoms with Crippen LogP contribution in [0.25, 0.3) is 69.6 Å². The highest BCUT2D eigenvalue weighted by atomic mass is 32.1. The summed E-state index contributed by atoms with van der Waals surface area (Å²) in [4.78, 5) is 2.41. The predicted molar refractivity (Wildman–Crippen MR) is 169 cm³/mol. The summed E-state index contributed by atoms with van der Waals surface area (Å²) in [6.07, 6.45) is 0. The average molecular weight is 529 g/mol. The van der Waals surface area contributed by atoms with Gasteiger partial charge in [-0.15, -0.1) is 11.3 Å². The molecule has 9 aromatic rings. The van der Waals surface area contributed by atoms with Gasteiger partial charge in [0.15, 0.2) is 0 Å². The van der Waals surface area contributed by atoms with E-state index in [1.54, 1.807) is 0 Å². The number of nitrogens with zero attached hydrogens (tertiary/aromatic N) is 2. The van der Waals surface area contributed by atoms with Crippen molar-refractivity contribution in [2.24, 2.45) is 0 Å². The van der Waals surface area contributed by atoms with Crippen LogP contribution in [0.4, 0.5) is 17.1 Å². The molecule has 1 aliphatic heterocycles. The number of fused-ring (bicyclic) bond motifs is 11. The van der Waals surface area contributed by atoms with Crippen molar-refractivity contribution in [3.63, 3.8) is 0 Å². The molecule has 0 amide bonds. The van der Waals surface area contributed by atoms with Crippen LogP contribution >= 0.6 is 11.3 Å². The summed E-state index contributed by atoms with van der Waals surface area (Å²) in [5, 5.41) is 7.50. The van der Waals surface area contributed by atoms with Gasteiger partial charge in [-0.05, 0) is 60.7 Å². The number of furan rings is 1. The Labute approximate surface area is 232 Å². The lowest BCUT2D eigenvalue weighted by Gasteiger charge is -2.33. The molecule has 0 unspecified atom stereocenters. The van der Waals surface area contributed by atoms with Gasteiger partial charge in [-0.3, -0.25) is 0 Å². The molecule has 10 rings (SSSR count). The quantitative estimate of drug-likeness (QED) is 0.211. The van der Waals surface area contributed by atoms with E-state index in [1.807, 2.05) is 23.5 Å². The van der Waals surface area contributed by atoms with Crippen LogP contribution in [0.15, 0.2) is 126 Å². The third-order valence-corrected chi connectivity index (χ3v) is 9.62. The largest absolute Gasteiger partial charge is 0.456 e. The van der Waals surface area contributed by atoms with Gasteiger partial charge in [-0.1, -0.05) is 60.7 Å². The number of hydrogen-bond acceptors (Lipinski definition) is 3. The SMILES string of the molecule is c1ccc2c(c1)N(c1ccc3oc4ccccc4c3c1)c1cccc3c4cc5sc6ccccc6c5cc4n-2c13. The molecule has 0 fully saturated rings. The minimum Gasteiger partial charge on any atom is -0.456 e. The zero-order chi connectivity index (χ0) is 25.9. The summed E-state index contributed by atoms with van der Waals surface area (Å²) in [7, 11) is 0. The lowest BCUT2D eigenvalue weighted by molar-refractivity contribution is 0.669. The number of benzene rings is 6. The molecule has 186 valence electrons. The summed E-state index contributed by atoms with van der Waals surface area (Å²) in [5.74, 6) is 0. The topological polar surface area (TPSA) is 21.3 Å². The molecule has 0 N–H and O–H groups in total. The molecule has 0 radical (unpaired) electrons. The summed E-state index contributed by atoms with van der Waals surface area (Å²) < 4.78 is 11.3. The van der Waals surface area contributed by atoms with Crippen LogP contribution < -0.4 is 4.90 Å². The molecule has 0 bridgehead atoms. The number of hydrogen-bond donors (Lipinski definition) is 0. The van der Waals surface area contributed by atoms with E-state index >= 15 is 0 Å². The first-order valence-electron chi connectivity index (χ1n) is 13.5. The van der Waals surface area contributed by atoms with E-state index in [0.717, 1.165) is 27.6 Å². The minimum atomic E-state index is 0.912. The number of para-hydroxylation sites is 4. The molecule has 6 aromatic carbocycles. The van der Waals surface area contributed by atoms with Crippen molar-refractivity contribution in [1.29, 1.82) is 0 Å². The summed E-state index contributed by atoms with van der Waals surface area (Å²) >= 11 is 1.88. The first-order valence-corrected chi connectivity index (χ1v) is 14.3.